The molecule has 224 valence electrons. The van der Waals surface area contributed by atoms with E-state index in [9.17, 15) is 35.5 Å². The first-order valence-corrected chi connectivity index (χ1v) is 14.0. The average Bonchev–Trinajstić information content (AvgIpc) is 3.31. The van der Waals surface area contributed by atoms with Gasteiger partial charge in [-0.15, -0.1) is 0 Å². The molecular weight excluding hydrogens is 561 g/mol. The highest BCUT2D eigenvalue weighted by molar-refractivity contribution is 5.83. The molecule has 1 atom stereocenters. The number of carbonyl (C=O) groups is 1. The highest BCUT2D eigenvalue weighted by Gasteiger charge is 2.41. The number of halogens is 7. The standard InChI is InChI=1S/C32H31F7N2O/c33-26-7-5-22(6-8-26)27(10-14-41-15-12-30(13-16-41)11-9-23-3-1-2-4-28(23)30)29(42)40-20-21-17-24(31(34,35)36)19-25(18-21)32(37,38)39/h1-8,17-19,27H,9-16,20H2,(H,40,42)/t27-/m0/s1. The number of hydrogen-bond donors (Lipinski definition) is 1. The van der Waals surface area contributed by atoms with Crippen LogP contribution in [0.25, 0.3) is 0 Å². The number of hydrogen-bond acceptors (Lipinski definition) is 2. The molecule has 0 unspecified atom stereocenters. The smallest absolute Gasteiger partial charge is 0.351 e. The van der Waals surface area contributed by atoms with E-state index in [-0.39, 0.29) is 17.0 Å². The summed E-state index contributed by atoms with van der Waals surface area (Å²) in [5.41, 5.74) is 0.321. The van der Waals surface area contributed by atoms with E-state index in [1.54, 1.807) is 0 Å². The number of likely N-dealkylation sites (tertiary alicyclic amines) is 1. The molecule has 3 nitrogen and oxygen atoms in total. The molecule has 1 N–H and O–H groups in total. The molecule has 1 aliphatic carbocycles. The van der Waals surface area contributed by atoms with Gasteiger partial charge in [0.2, 0.25) is 5.91 Å². The Kier molecular flexibility index (Phi) is 8.38. The van der Waals surface area contributed by atoms with Gasteiger partial charge in [0.25, 0.3) is 0 Å². The van der Waals surface area contributed by atoms with E-state index in [4.69, 9.17) is 0 Å². The van der Waals surface area contributed by atoms with Crippen molar-refractivity contribution in [2.45, 2.75) is 62.3 Å². The molecule has 10 heteroatoms. The lowest BCUT2D eigenvalue weighted by molar-refractivity contribution is -0.143. The maximum Gasteiger partial charge on any atom is 0.416 e. The summed E-state index contributed by atoms with van der Waals surface area (Å²) in [6.07, 6.45) is -5.43. The van der Waals surface area contributed by atoms with Gasteiger partial charge in [0, 0.05) is 6.54 Å². The molecule has 5 rings (SSSR count). The third-order valence-corrected chi connectivity index (χ3v) is 8.71. The van der Waals surface area contributed by atoms with Crippen LogP contribution in [0.1, 0.15) is 65.0 Å². The van der Waals surface area contributed by atoms with E-state index in [0.29, 0.717) is 30.7 Å². The van der Waals surface area contributed by atoms with Gasteiger partial charge in [-0.3, -0.25) is 4.79 Å². The third-order valence-electron chi connectivity index (χ3n) is 8.71. The van der Waals surface area contributed by atoms with Gasteiger partial charge in [-0.25, -0.2) is 4.39 Å². The summed E-state index contributed by atoms with van der Waals surface area (Å²) in [4.78, 5) is 15.6. The summed E-state index contributed by atoms with van der Waals surface area (Å²) in [7, 11) is 0. The summed E-state index contributed by atoms with van der Waals surface area (Å²) < 4.78 is 93.3. The normalized spacial score (nSPS) is 17.7. The van der Waals surface area contributed by atoms with Crippen molar-refractivity contribution in [1.82, 2.24) is 10.2 Å². The van der Waals surface area contributed by atoms with Crippen molar-refractivity contribution in [1.29, 1.82) is 0 Å². The average molecular weight is 593 g/mol. The maximum absolute atomic E-state index is 13.6. The summed E-state index contributed by atoms with van der Waals surface area (Å²) >= 11 is 0. The molecule has 2 aliphatic rings. The van der Waals surface area contributed by atoms with E-state index in [0.717, 1.165) is 38.8 Å². The topological polar surface area (TPSA) is 32.3 Å². The van der Waals surface area contributed by atoms with Crippen LogP contribution in [0, 0.1) is 5.82 Å². The minimum absolute atomic E-state index is 0.0551. The highest BCUT2D eigenvalue weighted by atomic mass is 19.4. The van der Waals surface area contributed by atoms with Gasteiger partial charge in [0.05, 0.1) is 17.0 Å². The lowest BCUT2D eigenvalue weighted by Crippen LogP contribution is -2.42. The van der Waals surface area contributed by atoms with Crippen LogP contribution in [-0.4, -0.2) is 30.4 Å². The minimum Gasteiger partial charge on any atom is -0.351 e. The van der Waals surface area contributed by atoms with Gasteiger partial charge < -0.3 is 10.2 Å². The number of carbonyl (C=O) groups excluding carboxylic acids is 1. The van der Waals surface area contributed by atoms with Gasteiger partial charge in [-0.2, -0.15) is 26.3 Å². The number of aryl methyl sites for hydroxylation is 1. The lowest BCUT2D eigenvalue weighted by Gasteiger charge is -2.40. The second-order valence-electron chi connectivity index (χ2n) is 11.3. The zero-order valence-electron chi connectivity index (χ0n) is 22.8. The van der Waals surface area contributed by atoms with Crippen molar-refractivity contribution in [2.75, 3.05) is 19.6 Å². The van der Waals surface area contributed by atoms with Gasteiger partial charge in [-0.1, -0.05) is 36.4 Å². The van der Waals surface area contributed by atoms with Crippen molar-refractivity contribution in [2.24, 2.45) is 0 Å². The summed E-state index contributed by atoms with van der Waals surface area (Å²) in [5.74, 6) is -1.80. The van der Waals surface area contributed by atoms with E-state index in [1.165, 1.54) is 35.4 Å². The zero-order chi connectivity index (χ0) is 30.1. The molecule has 1 spiro atoms. The van der Waals surface area contributed by atoms with E-state index in [1.807, 2.05) is 0 Å². The molecule has 42 heavy (non-hydrogen) atoms. The first-order valence-electron chi connectivity index (χ1n) is 14.0. The summed E-state index contributed by atoms with van der Waals surface area (Å²) in [6.45, 7) is 1.73. The Balaban J connectivity index is 1.27. The van der Waals surface area contributed by atoms with Gasteiger partial charge >= 0.3 is 12.4 Å². The fourth-order valence-corrected chi connectivity index (χ4v) is 6.38. The molecule has 1 amide bonds. The Labute approximate surface area is 239 Å². The first-order chi connectivity index (χ1) is 19.8. The van der Waals surface area contributed by atoms with E-state index < -0.39 is 47.7 Å². The molecule has 0 aromatic heterocycles. The van der Waals surface area contributed by atoms with E-state index >= 15 is 0 Å². The molecule has 3 aromatic carbocycles. The Morgan fingerprint density at radius 1 is 0.857 bits per heavy atom. The predicted octanol–water partition coefficient (Wildman–Crippen LogP) is 7.63. The molecule has 1 saturated heterocycles. The van der Waals surface area contributed by atoms with Gasteiger partial charge in [0.1, 0.15) is 5.82 Å². The molecular formula is C32H31F7N2O. The quantitative estimate of drug-likeness (QED) is 0.286. The van der Waals surface area contributed by atoms with Crippen LogP contribution in [0.3, 0.4) is 0 Å². The number of alkyl halides is 6. The number of nitrogens with zero attached hydrogens (tertiary/aromatic N) is 1. The molecule has 1 fully saturated rings. The SMILES string of the molecule is O=C(NCc1cc(C(F)(F)F)cc(C(F)(F)F)c1)[C@@H](CCN1CCC2(CCc3ccccc32)CC1)c1ccc(F)cc1. The van der Waals surface area contributed by atoms with Crippen molar-refractivity contribution in [3.05, 3.63) is 106 Å². The Bertz CT molecular complexity index is 1380. The maximum atomic E-state index is 13.6. The highest BCUT2D eigenvalue weighted by Crippen LogP contribution is 2.46. The number of piperidine rings is 1. The minimum atomic E-state index is -4.98. The third kappa shape index (κ3) is 6.64. The Morgan fingerprint density at radius 2 is 1.48 bits per heavy atom. The van der Waals surface area contributed by atoms with Gasteiger partial charge in [0.15, 0.2) is 0 Å². The number of rotatable bonds is 7. The monoisotopic (exact) mass is 592 g/mol. The van der Waals surface area contributed by atoms with E-state index in [2.05, 4.69) is 34.5 Å². The van der Waals surface area contributed by atoms with Crippen molar-refractivity contribution in [3.8, 4) is 0 Å². The first kappa shape index (κ1) is 30.1. The van der Waals surface area contributed by atoms with Crippen LogP contribution >= 0.6 is 0 Å². The van der Waals surface area contributed by atoms with Crippen molar-refractivity contribution in [3.63, 3.8) is 0 Å². The molecule has 0 saturated carbocycles. The lowest BCUT2D eigenvalue weighted by atomic mass is 9.74. The van der Waals surface area contributed by atoms with Crippen LogP contribution in [0.15, 0.2) is 66.7 Å². The van der Waals surface area contributed by atoms with Crippen LogP contribution in [-0.2, 0) is 35.5 Å². The fraction of sp³-hybridized carbons (Fsp3) is 0.406. The zero-order valence-corrected chi connectivity index (χ0v) is 22.8. The Hall–Kier alpha value is -3.40. The van der Waals surface area contributed by atoms with Crippen molar-refractivity contribution < 1.29 is 35.5 Å². The summed E-state index contributed by atoms with van der Waals surface area (Å²) in [6, 6.07) is 15.2. The molecule has 1 aliphatic heterocycles. The molecule has 3 aromatic rings. The number of benzene rings is 3. The molecule has 0 radical (unpaired) electrons. The second kappa shape index (κ2) is 11.7. The number of nitrogens with one attached hydrogen (secondary N) is 1. The van der Waals surface area contributed by atoms with Crippen LogP contribution < -0.4 is 5.32 Å². The van der Waals surface area contributed by atoms with Gasteiger partial charge in [-0.05, 0) is 110 Å². The molecule has 0 bridgehead atoms. The Morgan fingerprint density at radius 3 is 2.10 bits per heavy atom. The number of amides is 1. The number of fused-ring (bicyclic) bond motifs is 2. The predicted molar refractivity (Wildman–Crippen MR) is 144 cm³/mol. The molecule has 1 heterocycles. The largest absolute Gasteiger partial charge is 0.416 e. The van der Waals surface area contributed by atoms with Crippen molar-refractivity contribution >= 4 is 5.91 Å². The second-order valence-corrected chi connectivity index (χ2v) is 11.3. The van der Waals surface area contributed by atoms with Crippen LogP contribution in [0.2, 0.25) is 0 Å². The van der Waals surface area contributed by atoms with Crippen LogP contribution in [0.4, 0.5) is 30.7 Å². The fourth-order valence-electron chi connectivity index (χ4n) is 6.38. The summed E-state index contributed by atoms with van der Waals surface area (Å²) in [5, 5.41) is 2.52. The van der Waals surface area contributed by atoms with Crippen LogP contribution in [0.5, 0.6) is 0 Å².